The minimum atomic E-state index is -1.62. The quantitative estimate of drug-likeness (QED) is 0.0949. The van der Waals surface area contributed by atoms with Crippen molar-refractivity contribution in [3.8, 4) is 0 Å². The second-order valence-corrected chi connectivity index (χ2v) is 8.85. The average molecular weight is 527 g/mol. The highest BCUT2D eigenvalue weighted by Crippen LogP contribution is 2.17. The number of H-pyrrole nitrogens is 2. The Morgan fingerprint density at radius 1 is 1.03 bits per heavy atom. The van der Waals surface area contributed by atoms with Crippen molar-refractivity contribution in [1.29, 1.82) is 0 Å². The van der Waals surface area contributed by atoms with E-state index in [0.717, 1.165) is 16.8 Å². The van der Waals surface area contributed by atoms with Crippen LogP contribution in [0.4, 0.5) is 5.82 Å². The van der Waals surface area contributed by atoms with Crippen molar-refractivity contribution in [1.82, 2.24) is 34.5 Å². The Bertz CT molecular complexity index is 1750. The smallest absolute Gasteiger partial charge is 0.394 e. The fraction of sp³-hybridized carbons (Fsp3) is 0.348. The molecule has 200 valence electrons. The lowest BCUT2D eigenvalue weighted by Gasteiger charge is -2.21. The van der Waals surface area contributed by atoms with Crippen LogP contribution in [0.15, 0.2) is 34.4 Å². The molecule has 0 fully saturated rings. The summed E-state index contributed by atoms with van der Waals surface area (Å²) in [5, 5.41) is 38.8. The van der Waals surface area contributed by atoms with Crippen LogP contribution in [0.5, 0.6) is 0 Å². The summed E-state index contributed by atoms with van der Waals surface area (Å²) >= 11 is 0. The van der Waals surface area contributed by atoms with Crippen molar-refractivity contribution in [3.05, 3.63) is 56.8 Å². The van der Waals surface area contributed by atoms with E-state index in [9.17, 15) is 24.9 Å². The van der Waals surface area contributed by atoms with Gasteiger partial charge in [-0.15, -0.1) is 0 Å². The fourth-order valence-electron chi connectivity index (χ4n) is 3.91. The van der Waals surface area contributed by atoms with Gasteiger partial charge in [0.25, 0.3) is 5.56 Å². The highest BCUT2D eigenvalue weighted by atomic mass is 16.4. The summed E-state index contributed by atoms with van der Waals surface area (Å²) in [6, 6.07) is 3.56. The SMILES string of the molecule is Cc1cc2nc3c(=O)[nH]c(=O)[nH]c3[n+](C[C@H](O)[C@H](O)[C@H](O)CO)c2cc1C.Cn1cnc2c(N)ncnc21. The zero-order chi connectivity index (χ0) is 27.7. The lowest BCUT2D eigenvalue weighted by Crippen LogP contribution is -2.51. The fourth-order valence-corrected chi connectivity index (χ4v) is 3.91. The lowest BCUT2D eigenvalue weighted by molar-refractivity contribution is -0.657. The predicted octanol–water partition coefficient (Wildman–Crippen LogP) is -2.31. The van der Waals surface area contributed by atoms with E-state index >= 15 is 0 Å². The van der Waals surface area contributed by atoms with E-state index < -0.39 is 36.2 Å². The molecule has 0 amide bonds. The van der Waals surface area contributed by atoms with Crippen molar-refractivity contribution < 1.29 is 25.0 Å². The van der Waals surface area contributed by atoms with E-state index in [-0.39, 0.29) is 17.7 Å². The van der Waals surface area contributed by atoms with Crippen LogP contribution in [-0.4, -0.2) is 79.8 Å². The van der Waals surface area contributed by atoms with Crippen molar-refractivity contribution in [2.75, 3.05) is 12.3 Å². The van der Waals surface area contributed by atoms with Crippen molar-refractivity contribution in [2.45, 2.75) is 38.7 Å². The van der Waals surface area contributed by atoms with Gasteiger partial charge in [0.15, 0.2) is 17.0 Å². The Balaban J connectivity index is 0.000000253. The number of nitrogen functional groups attached to an aromatic ring is 1. The molecule has 5 rings (SSSR count). The Hall–Kier alpha value is -4.31. The number of aliphatic hydroxyl groups excluding tert-OH is 4. The molecular weight excluding hydrogens is 498 g/mol. The molecule has 0 aliphatic carbocycles. The number of rotatable bonds is 5. The summed E-state index contributed by atoms with van der Waals surface area (Å²) in [6.07, 6.45) is -1.54. The van der Waals surface area contributed by atoms with E-state index in [1.807, 2.05) is 20.9 Å². The number of fused-ring (bicyclic) bond motifs is 3. The van der Waals surface area contributed by atoms with Crippen LogP contribution in [0.2, 0.25) is 0 Å². The number of nitrogens with zero attached hydrogens (tertiary/aromatic N) is 6. The molecule has 5 aromatic rings. The number of aliphatic hydroxyl groups is 4. The monoisotopic (exact) mass is 526 g/mol. The second kappa shape index (κ2) is 10.6. The summed E-state index contributed by atoms with van der Waals surface area (Å²) in [5.41, 5.74) is 8.44. The summed E-state index contributed by atoms with van der Waals surface area (Å²) in [7, 11) is 1.86. The number of nitrogens with one attached hydrogen (secondary N) is 2. The first-order valence-electron chi connectivity index (χ1n) is 11.5. The third kappa shape index (κ3) is 5.08. The van der Waals surface area contributed by atoms with Gasteiger partial charge in [-0.1, -0.05) is 0 Å². The molecule has 0 saturated carbocycles. The third-order valence-corrected chi connectivity index (χ3v) is 6.15. The lowest BCUT2D eigenvalue weighted by atomic mass is 10.1. The molecular formula is C23H28N9O6+. The standard InChI is InChI=1S/C17H20N4O6.C6H7N5/c1-7-3-9-10(4-8(7)2)21(5-11(23)14(25)12(24)6-22)15-13(18-9)16(26)20-17(27)19-15;1-11-3-10-4-5(7)8-2-9-6(4)11/h3-4,11-12,14,22-25H,5-6H2,1-2H3,(H,20,26,27);2-3H,1H3,(H2,7,8,9)/p+1/t11-,12+,14-;/m0./s1. The second-order valence-electron chi connectivity index (χ2n) is 8.85. The number of anilines is 1. The first-order chi connectivity index (χ1) is 18.0. The van der Waals surface area contributed by atoms with Crippen molar-refractivity contribution in [2.24, 2.45) is 7.05 Å². The number of aromatic amines is 2. The highest BCUT2D eigenvalue weighted by Gasteiger charge is 2.29. The molecule has 0 saturated heterocycles. The maximum Gasteiger partial charge on any atom is 0.413 e. The van der Waals surface area contributed by atoms with Gasteiger partial charge in [-0.3, -0.25) is 9.78 Å². The molecule has 0 aliphatic rings. The number of nitrogens with two attached hydrogens (primary N) is 1. The van der Waals surface area contributed by atoms with Crippen molar-refractivity contribution in [3.63, 3.8) is 0 Å². The summed E-state index contributed by atoms with van der Waals surface area (Å²) in [4.78, 5) is 44.7. The summed E-state index contributed by atoms with van der Waals surface area (Å²) in [6.45, 7) is 2.79. The first kappa shape index (κ1) is 26.7. The molecule has 8 N–H and O–H groups in total. The van der Waals surface area contributed by atoms with Gasteiger partial charge in [0, 0.05) is 7.05 Å². The topological polar surface area (TPSA) is 233 Å². The number of hydrogen-bond donors (Lipinski definition) is 7. The Labute approximate surface area is 213 Å². The maximum absolute atomic E-state index is 12.2. The van der Waals surface area contributed by atoms with E-state index in [1.54, 1.807) is 23.0 Å². The normalized spacial score (nSPS) is 13.9. The number of aromatic nitrogens is 8. The van der Waals surface area contributed by atoms with Gasteiger partial charge in [-0.2, -0.15) is 4.98 Å². The molecule has 3 atom stereocenters. The predicted molar refractivity (Wildman–Crippen MR) is 136 cm³/mol. The molecule has 15 nitrogen and oxygen atoms in total. The van der Waals surface area contributed by atoms with Gasteiger partial charge in [-0.05, 0) is 37.1 Å². The molecule has 0 unspecified atom stereocenters. The number of aryl methyl sites for hydroxylation is 3. The molecule has 15 heteroatoms. The highest BCUT2D eigenvalue weighted by molar-refractivity contribution is 5.81. The van der Waals surface area contributed by atoms with Gasteiger partial charge >= 0.3 is 11.3 Å². The van der Waals surface area contributed by atoms with Gasteiger partial charge < -0.3 is 30.7 Å². The van der Waals surface area contributed by atoms with Gasteiger partial charge in [0.05, 0.1) is 12.9 Å². The molecule has 0 spiro atoms. The van der Waals surface area contributed by atoms with E-state index in [4.69, 9.17) is 10.8 Å². The Morgan fingerprint density at radius 3 is 2.42 bits per heavy atom. The molecule has 0 aliphatic heterocycles. The van der Waals surface area contributed by atoms with Crippen LogP contribution >= 0.6 is 0 Å². The van der Waals surface area contributed by atoms with Gasteiger partial charge in [0.2, 0.25) is 5.52 Å². The summed E-state index contributed by atoms with van der Waals surface area (Å²) < 4.78 is 3.26. The van der Waals surface area contributed by atoms with Crippen LogP contribution in [-0.2, 0) is 13.6 Å². The average Bonchev–Trinajstić information content (AvgIpc) is 3.27. The van der Waals surface area contributed by atoms with Gasteiger partial charge in [0.1, 0.15) is 42.2 Å². The van der Waals surface area contributed by atoms with Crippen LogP contribution in [0.25, 0.3) is 33.4 Å². The molecule has 4 heterocycles. The maximum atomic E-state index is 12.2. The van der Waals surface area contributed by atoms with Crippen LogP contribution < -0.4 is 21.5 Å². The minimum absolute atomic E-state index is 0.0326. The molecule has 0 radical (unpaired) electrons. The first-order valence-corrected chi connectivity index (χ1v) is 11.5. The number of hydrogen-bond acceptors (Lipinski definition) is 11. The van der Waals surface area contributed by atoms with E-state index in [1.165, 1.54) is 10.9 Å². The largest absolute Gasteiger partial charge is 0.413 e. The zero-order valence-corrected chi connectivity index (χ0v) is 20.8. The minimum Gasteiger partial charge on any atom is -0.394 e. The number of benzene rings is 1. The van der Waals surface area contributed by atoms with Crippen molar-refractivity contribution >= 4 is 39.2 Å². The molecule has 1 aromatic carbocycles. The Kier molecular flexibility index (Phi) is 7.45. The molecule has 38 heavy (non-hydrogen) atoms. The van der Waals surface area contributed by atoms with E-state index in [0.29, 0.717) is 22.4 Å². The van der Waals surface area contributed by atoms with Crippen LogP contribution in [0.3, 0.4) is 0 Å². The summed E-state index contributed by atoms with van der Waals surface area (Å²) in [5.74, 6) is 0.426. The molecule has 4 aromatic heterocycles. The van der Waals surface area contributed by atoms with E-state index in [2.05, 4.69) is 29.9 Å². The van der Waals surface area contributed by atoms with Crippen LogP contribution in [0, 0.1) is 13.8 Å². The third-order valence-electron chi connectivity index (χ3n) is 6.15. The van der Waals surface area contributed by atoms with Gasteiger partial charge in [-0.25, -0.2) is 29.3 Å². The zero-order valence-electron chi connectivity index (χ0n) is 20.8. The number of imidazole rings is 1. The Morgan fingerprint density at radius 2 is 1.74 bits per heavy atom. The molecule has 0 bridgehead atoms. The van der Waals surface area contributed by atoms with Crippen LogP contribution in [0.1, 0.15) is 11.1 Å².